The Labute approximate surface area is 143 Å². The molecule has 0 radical (unpaired) electrons. The van der Waals surface area contributed by atoms with Crippen molar-refractivity contribution >= 4 is 5.91 Å². The summed E-state index contributed by atoms with van der Waals surface area (Å²) >= 11 is 0. The van der Waals surface area contributed by atoms with Crippen molar-refractivity contribution in [3.05, 3.63) is 67.7 Å². The van der Waals surface area contributed by atoms with E-state index in [9.17, 15) is 18.8 Å². The fourth-order valence-corrected chi connectivity index (χ4v) is 3.24. The van der Waals surface area contributed by atoms with Gasteiger partial charge in [0.2, 0.25) is 5.91 Å². The van der Waals surface area contributed by atoms with Crippen molar-refractivity contribution in [2.24, 2.45) is 5.92 Å². The number of amides is 1. The lowest BCUT2D eigenvalue weighted by atomic mass is 9.97. The number of aromatic nitrogens is 2. The van der Waals surface area contributed by atoms with Gasteiger partial charge in [-0.3, -0.25) is 14.6 Å². The van der Waals surface area contributed by atoms with Gasteiger partial charge < -0.3 is 9.88 Å². The van der Waals surface area contributed by atoms with Crippen LogP contribution in [0.15, 0.2) is 34.0 Å². The Balaban J connectivity index is 1.60. The standard InChI is InChI=1S/C18H20FN3O3/c1-11-6-12(2-3-15(11)19)7-13-4-5-22(10-13)16(23)8-14-9-20-18(25)21-17(14)24/h2-3,6,9,13H,4-5,7-8,10H2,1H3,(H2,20,21,24,25). The molecule has 0 bridgehead atoms. The van der Waals surface area contributed by atoms with E-state index in [-0.39, 0.29) is 23.7 Å². The number of benzene rings is 1. The molecular weight excluding hydrogens is 325 g/mol. The van der Waals surface area contributed by atoms with Gasteiger partial charge in [-0.1, -0.05) is 12.1 Å². The predicted molar refractivity (Wildman–Crippen MR) is 90.9 cm³/mol. The highest BCUT2D eigenvalue weighted by atomic mass is 19.1. The van der Waals surface area contributed by atoms with E-state index in [1.807, 2.05) is 6.07 Å². The molecule has 7 heteroatoms. The van der Waals surface area contributed by atoms with Crippen LogP contribution in [0.2, 0.25) is 0 Å². The Bertz CT molecular complexity index is 903. The van der Waals surface area contributed by atoms with Gasteiger partial charge in [0.15, 0.2) is 0 Å². The first-order valence-corrected chi connectivity index (χ1v) is 8.26. The quantitative estimate of drug-likeness (QED) is 0.871. The van der Waals surface area contributed by atoms with E-state index in [4.69, 9.17) is 0 Å². The van der Waals surface area contributed by atoms with E-state index in [2.05, 4.69) is 9.97 Å². The van der Waals surface area contributed by atoms with Gasteiger partial charge in [-0.2, -0.15) is 0 Å². The third-order valence-corrected chi connectivity index (χ3v) is 4.62. The fourth-order valence-electron chi connectivity index (χ4n) is 3.24. The molecule has 2 aromatic rings. The maximum absolute atomic E-state index is 13.3. The molecule has 1 saturated heterocycles. The van der Waals surface area contributed by atoms with Gasteiger partial charge in [0.05, 0.1) is 6.42 Å². The van der Waals surface area contributed by atoms with Gasteiger partial charge in [0.25, 0.3) is 5.56 Å². The van der Waals surface area contributed by atoms with Crippen molar-refractivity contribution < 1.29 is 9.18 Å². The smallest absolute Gasteiger partial charge is 0.325 e. The van der Waals surface area contributed by atoms with Gasteiger partial charge in [-0.15, -0.1) is 0 Å². The van der Waals surface area contributed by atoms with E-state index in [0.29, 0.717) is 24.6 Å². The van der Waals surface area contributed by atoms with Crippen LogP contribution in [0.5, 0.6) is 0 Å². The molecule has 0 spiro atoms. The van der Waals surface area contributed by atoms with Crippen molar-refractivity contribution in [1.82, 2.24) is 14.9 Å². The summed E-state index contributed by atoms with van der Waals surface area (Å²) in [6.45, 7) is 3.01. The molecular formula is C18H20FN3O3. The number of H-pyrrole nitrogens is 2. The zero-order valence-corrected chi connectivity index (χ0v) is 14.0. The fraction of sp³-hybridized carbons (Fsp3) is 0.389. The SMILES string of the molecule is Cc1cc(CC2CCN(C(=O)Cc3c[nH]c(=O)[nH]c3=O)C2)ccc1F. The zero-order chi connectivity index (χ0) is 18.0. The molecule has 132 valence electrons. The molecule has 1 aliphatic rings. The third kappa shape index (κ3) is 4.04. The third-order valence-electron chi connectivity index (χ3n) is 4.62. The van der Waals surface area contributed by atoms with Crippen LogP contribution >= 0.6 is 0 Å². The van der Waals surface area contributed by atoms with Crippen LogP contribution in [0.3, 0.4) is 0 Å². The number of carbonyl (C=O) groups is 1. The highest BCUT2D eigenvalue weighted by Crippen LogP contribution is 2.22. The molecule has 0 saturated carbocycles. The topological polar surface area (TPSA) is 86.0 Å². The maximum atomic E-state index is 13.3. The average Bonchev–Trinajstić information content (AvgIpc) is 3.02. The van der Waals surface area contributed by atoms with Gasteiger partial charge in [-0.05, 0) is 42.9 Å². The number of rotatable bonds is 4. The van der Waals surface area contributed by atoms with Gasteiger partial charge in [0, 0.05) is 24.8 Å². The second kappa shape index (κ2) is 7.04. The number of aromatic amines is 2. The van der Waals surface area contributed by atoms with Gasteiger partial charge in [-0.25, -0.2) is 9.18 Å². The number of hydrogen-bond donors (Lipinski definition) is 2. The van der Waals surface area contributed by atoms with Crippen LogP contribution in [0.1, 0.15) is 23.1 Å². The summed E-state index contributed by atoms with van der Waals surface area (Å²) in [7, 11) is 0. The van der Waals surface area contributed by atoms with Crippen LogP contribution in [0.4, 0.5) is 4.39 Å². The Morgan fingerprint density at radius 1 is 1.36 bits per heavy atom. The zero-order valence-electron chi connectivity index (χ0n) is 14.0. The largest absolute Gasteiger partial charge is 0.342 e. The molecule has 1 amide bonds. The van der Waals surface area contributed by atoms with E-state index < -0.39 is 11.2 Å². The van der Waals surface area contributed by atoms with Crippen LogP contribution in [-0.2, 0) is 17.6 Å². The summed E-state index contributed by atoms with van der Waals surface area (Å²) in [5, 5.41) is 0. The number of hydrogen-bond acceptors (Lipinski definition) is 3. The molecule has 1 aromatic heterocycles. The van der Waals surface area contributed by atoms with E-state index in [1.54, 1.807) is 17.9 Å². The van der Waals surface area contributed by atoms with E-state index in [0.717, 1.165) is 18.4 Å². The lowest BCUT2D eigenvalue weighted by Gasteiger charge is -2.16. The molecule has 1 unspecified atom stereocenters. The monoisotopic (exact) mass is 345 g/mol. The van der Waals surface area contributed by atoms with Crippen molar-refractivity contribution in [3.63, 3.8) is 0 Å². The minimum Gasteiger partial charge on any atom is -0.342 e. The lowest BCUT2D eigenvalue weighted by Crippen LogP contribution is -2.33. The maximum Gasteiger partial charge on any atom is 0.325 e. The molecule has 3 rings (SSSR count). The number of nitrogens with zero attached hydrogens (tertiary/aromatic N) is 1. The number of carbonyl (C=O) groups excluding carboxylic acids is 1. The Morgan fingerprint density at radius 3 is 2.88 bits per heavy atom. The summed E-state index contributed by atoms with van der Waals surface area (Å²) in [4.78, 5) is 41.3. The highest BCUT2D eigenvalue weighted by Gasteiger charge is 2.26. The van der Waals surface area contributed by atoms with Crippen LogP contribution in [0, 0.1) is 18.7 Å². The summed E-state index contributed by atoms with van der Waals surface area (Å²) in [5.41, 5.74) is 0.824. The van der Waals surface area contributed by atoms with E-state index in [1.165, 1.54) is 12.3 Å². The van der Waals surface area contributed by atoms with Crippen molar-refractivity contribution in [3.8, 4) is 0 Å². The average molecular weight is 345 g/mol. The molecule has 1 atom stereocenters. The van der Waals surface area contributed by atoms with Gasteiger partial charge in [0.1, 0.15) is 5.82 Å². The first kappa shape index (κ1) is 17.1. The normalized spacial score (nSPS) is 17.0. The van der Waals surface area contributed by atoms with Crippen molar-refractivity contribution in [2.75, 3.05) is 13.1 Å². The Kier molecular flexibility index (Phi) is 4.83. The van der Waals surface area contributed by atoms with Crippen LogP contribution in [-0.4, -0.2) is 33.9 Å². The summed E-state index contributed by atoms with van der Waals surface area (Å²) in [6.07, 6.45) is 2.93. The first-order valence-electron chi connectivity index (χ1n) is 8.26. The Hall–Kier alpha value is -2.70. The van der Waals surface area contributed by atoms with Crippen molar-refractivity contribution in [1.29, 1.82) is 0 Å². The predicted octanol–water partition coefficient (Wildman–Crippen LogP) is 1.14. The second-order valence-electron chi connectivity index (χ2n) is 6.56. The number of likely N-dealkylation sites (tertiary alicyclic amines) is 1. The molecule has 6 nitrogen and oxygen atoms in total. The summed E-state index contributed by atoms with van der Waals surface area (Å²) in [6, 6.07) is 5.11. The molecule has 1 aromatic carbocycles. The van der Waals surface area contributed by atoms with Crippen LogP contribution in [0.25, 0.3) is 0 Å². The molecule has 2 N–H and O–H groups in total. The summed E-state index contributed by atoms with van der Waals surface area (Å²) < 4.78 is 13.3. The van der Waals surface area contributed by atoms with E-state index >= 15 is 0 Å². The Morgan fingerprint density at radius 2 is 2.16 bits per heavy atom. The summed E-state index contributed by atoms with van der Waals surface area (Å²) in [5.74, 6) is -0.0175. The number of halogens is 1. The minimum atomic E-state index is -0.586. The first-order chi connectivity index (χ1) is 11.9. The highest BCUT2D eigenvalue weighted by molar-refractivity contribution is 5.78. The second-order valence-corrected chi connectivity index (χ2v) is 6.56. The molecule has 0 aliphatic carbocycles. The van der Waals surface area contributed by atoms with Crippen molar-refractivity contribution in [2.45, 2.75) is 26.2 Å². The molecule has 1 aliphatic heterocycles. The molecule has 2 heterocycles. The van der Waals surface area contributed by atoms with Gasteiger partial charge >= 0.3 is 5.69 Å². The molecule has 25 heavy (non-hydrogen) atoms. The number of aryl methyl sites for hydroxylation is 1. The minimum absolute atomic E-state index is 0.0332. The van der Waals surface area contributed by atoms with Crippen LogP contribution < -0.4 is 11.2 Å². The lowest BCUT2D eigenvalue weighted by molar-refractivity contribution is -0.129. The number of nitrogens with one attached hydrogen (secondary N) is 2. The molecule has 1 fully saturated rings.